The van der Waals surface area contributed by atoms with Crippen molar-refractivity contribution in [3.8, 4) is 5.69 Å². The largest absolute Gasteiger partial charge is 0.323 e. The Morgan fingerprint density at radius 2 is 2.16 bits per heavy atom. The number of hydrogen-bond donors (Lipinski definition) is 1. The molecular weight excluding hydrogens is 365 g/mol. The van der Waals surface area contributed by atoms with E-state index in [1.54, 1.807) is 6.07 Å². The molecule has 3 aromatic rings. The number of anilines is 1. The van der Waals surface area contributed by atoms with Crippen LogP contribution in [0.2, 0.25) is 5.02 Å². The zero-order valence-corrected chi connectivity index (χ0v) is 14.5. The van der Waals surface area contributed by atoms with Gasteiger partial charge in [0.05, 0.1) is 17.1 Å². The molecule has 1 heterocycles. The number of aromatic nitrogens is 4. The molecule has 0 unspecified atom stereocenters. The van der Waals surface area contributed by atoms with Gasteiger partial charge in [0.25, 0.3) is 0 Å². The molecule has 9 heteroatoms. The lowest BCUT2D eigenvalue weighted by molar-refractivity contribution is -0.113. The minimum Gasteiger partial charge on any atom is -0.323 e. The van der Waals surface area contributed by atoms with Gasteiger partial charge in [-0.2, -0.15) is 0 Å². The van der Waals surface area contributed by atoms with E-state index in [-0.39, 0.29) is 17.3 Å². The lowest BCUT2D eigenvalue weighted by Gasteiger charge is -2.08. The van der Waals surface area contributed by atoms with Crippen molar-refractivity contribution in [2.45, 2.75) is 5.75 Å². The Morgan fingerprint density at radius 3 is 2.92 bits per heavy atom. The van der Waals surface area contributed by atoms with E-state index in [4.69, 9.17) is 11.6 Å². The summed E-state index contributed by atoms with van der Waals surface area (Å²) in [5.41, 5.74) is 1.66. The highest BCUT2D eigenvalue weighted by atomic mass is 35.5. The normalized spacial score (nSPS) is 10.6. The monoisotopic (exact) mass is 377 g/mol. The minimum atomic E-state index is -0.523. The summed E-state index contributed by atoms with van der Waals surface area (Å²) < 4.78 is 15.3. The molecule has 3 rings (SSSR count). The van der Waals surface area contributed by atoms with Gasteiger partial charge in [-0.05, 0) is 46.3 Å². The van der Waals surface area contributed by atoms with Crippen molar-refractivity contribution in [2.24, 2.45) is 0 Å². The van der Waals surface area contributed by atoms with Crippen LogP contribution >= 0.6 is 23.4 Å². The van der Waals surface area contributed by atoms with Gasteiger partial charge in [0.2, 0.25) is 5.91 Å². The third-order valence-corrected chi connectivity index (χ3v) is 4.47. The summed E-state index contributed by atoms with van der Waals surface area (Å²) in [6, 6.07) is 11.7. The van der Waals surface area contributed by atoms with Crippen LogP contribution in [-0.2, 0) is 10.5 Å². The fourth-order valence-electron chi connectivity index (χ4n) is 2.11. The van der Waals surface area contributed by atoms with Crippen molar-refractivity contribution in [3.63, 3.8) is 0 Å². The number of tetrazole rings is 1. The van der Waals surface area contributed by atoms with Gasteiger partial charge in [-0.15, -0.1) is 16.9 Å². The van der Waals surface area contributed by atoms with Crippen LogP contribution < -0.4 is 5.32 Å². The molecule has 1 aromatic heterocycles. The second kappa shape index (κ2) is 8.09. The standard InChI is InChI=1S/C16H13ClFN5OS/c17-12-3-1-2-11(6-12)8-25-9-16(24)20-15-7-13(4-5-14(15)18)23-10-19-21-22-23/h1-7,10H,8-9H2,(H,20,24). The van der Waals surface area contributed by atoms with Crippen LogP contribution in [0.25, 0.3) is 5.69 Å². The number of halogens is 2. The Bertz CT molecular complexity index is 875. The Morgan fingerprint density at radius 1 is 1.28 bits per heavy atom. The molecule has 0 bridgehead atoms. The number of carbonyl (C=O) groups is 1. The molecule has 6 nitrogen and oxygen atoms in total. The van der Waals surface area contributed by atoms with Crippen LogP contribution in [0.15, 0.2) is 48.8 Å². The molecule has 0 aliphatic rings. The predicted octanol–water partition coefficient (Wildman–Crippen LogP) is 3.33. The first-order valence-electron chi connectivity index (χ1n) is 7.27. The maximum atomic E-state index is 13.9. The molecule has 0 aliphatic heterocycles. The number of benzene rings is 2. The van der Waals surface area contributed by atoms with Crippen LogP contribution in [0.5, 0.6) is 0 Å². The fraction of sp³-hybridized carbons (Fsp3) is 0.125. The van der Waals surface area contributed by atoms with Gasteiger partial charge in [-0.25, -0.2) is 9.07 Å². The third-order valence-electron chi connectivity index (χ3n) is 3.23. The molecule has 1 N–H and O–H groups in total. The van der Waals surface area contributed by atoms with Gasteiger partial charge in [0.1, 0.15) is 12.1 Å². The van der Waals surface area contributed by atoms with E-state index in [2.05, 4.69) is 20.8 Å². The number of rotatable bonds is 6. The fourth-order valence-corrected chi connectivity index (χ4v) is 3.09. The summed E-state index contributed by atoms with van der Waals surface area (Å²) in [5.74, 6) is 0.0205. The van der Waals surface area contributed by atoms with E-state index < -0.39 is 5.82 Å². The average Bonchev–Trinajstić information content (AvgIpc) is 3.11. The molecule has 0 fully saturated rings. The van der Waals surface area contributed by atoms with Crippen molar-refractivity contribution in [3.05, 3.63) is 65.2 Å². The first-order chi connectivity index (χ1) is 12.1. The topological polar surface area (TPSA) is 72.7 Å². The number of carbonyl (C=O) groups excluding carboxylic acids is 1. The SMILES string of the molecule is O=C(CSCc1cccc(Cl)c1)Nc1cc(-n2cnnn2)ccc1F. The molecule has 1 amide bonds. The van der Waals surface area contributed by atoms with Gasteiger partial charge in [0.15, 0.2) is 0 Å². The second-order valence-electron chi connectivity index (χ2n) is 5.09. The smallest absolute Gasteiger partial charge is 0.234 e. The Kier molecular flexibility index (Phi) is 5.62. The molecule has 128 valence electrons. The summed E-state index contributed by atoms with van der Waals surface area (Å²) in [7, 11) is 0. The van der Waals surface area contributed by atoms with E-state index in [1.165, 1.54) is 41.0 Å². The van der Waals surface area contributed by atoms with Crippen LogP contribution in [-0.4, -0.2) is 31.9 Å². The lowest BCUT2D eigenvalue weighted by atomic mass is 10.2. The van der Waals surface area contributed by atoms with Crippen molar-refractivity contribution >= 4 is 35.0 Å². The summed E-state index contributed by atoms with van der Waals surface area (Å²) in [4.78, 5) is 12.0. The van der Waals surface area contributed by atoms with Crippen LogP contribution in [0, 0.1) is 5.82 Å². The lowest BCUT2D eigenvalue weighted by Crippen LogP contribution is -2.15. The molecule has 0 aliphatic carbocycles. The Balaban J connectivity index is 1.58. The van der Waals surface area contributed by atoms with Crippen molar-refractivity contribution in [1.82, 2.24) is 20.2 Å². The maximum Gasteiger partial charge on any atom is 0.234 e. The van der Waals surface area contributed by atoms with E-state index in [9.17, 15) is 9.18 Å². The molecule has 2 aromatic carbocycles. The van der Waals surface area contributed by atoms with Gasteiger partial charge in [-0.3, -0.25) is 4.79 Å². The van der Waals surface area contributed by atoms with E-state index in [0.29, 0.717) is 16.5 Å². The average molecular weight is 378 g/mol. The molecule has 0 atom stereocenters. The van der Waals surface area contributed by atoms with E-state index >= 15 is 0 Å². The first kappa shape index (κ1) is 17.4. The first-order valence-corrected chi connectivity index (χ1v) is 8.80. The zero-order chi connectivity index (χ0) is 17.6. The summed E-state index contributed by atoms with van der Waals surface area (Å²) >= 11 is 7.34. The van der Waals surface area contributed by atoms with E-state index in [1.807, 2.05) is 18.2 Å². The van der Waals surface area contributed by atoms with Gasteiger partial charge in [0, 0.05) is 10.8 Å². The van der Waals surface area contributed by atoms with Crippen LogP contribution in [0.4, 0.5) is 10.1 Å². The predicted molar refractivity (Wildman–Crippen MR) is 95.4 cm³/mol. The minimum absolute atomic E-state index is 0.0846. The summed E-state index contributed by atoms with van der Waals surface area (Å²) in [6.07, 6.45) is 1.39. The van der Waals surface area contributed by atoms with Crippen molar-refractivity contribution in [2.75, 3.05) is 11.1 Å². The number of nitrogens with zero attached hydrogens (tertiary/aromatic N) is 4. The summed E-state index contributed by atoms with van der Waals surface area (Å²) in [5, 5.41) is 14.0. The molecule has 0 saturated heterocycles. The van der Waals surface area contributed by atoms with Gasteiger partial charge in [-0.1, -0.05) is 23.7 Å². The third kappa shape index (κ3) is 4.77. The molecule has 0 radical (unpaired) electrons. The number of hydrogen-bond acceptors (Lipinski definition) is 5. The highest BCUT2D eigenvalue weighted by molar-refractivity contribution is 7.99. The molecule has 0 spiro atoms. The van der Waals surface area contributed by atoms with Crippen molar-refractivity contribution in [1.29, 1.82) is 0 Å². The molecule has 25 heavy (non-hydrogen) atoms. The molecule has 0 saturated carbocycles. The highest BCUT2D eigenvalue weighted by Gasteiger charge is 2.10. The number of nitrogens with one attached hydrogen (secondary N) is 1. The maximum absolute atomic E-state index is 13.9. The van der Waals surface area contributed by atoms with Gasteiger partial charge < -0.3 is 5.32 Å². The highest BCUT2D eigenvalue weighted by Crippen LogP contribution is 2.20. The number of amides is 1. The Hall–Kier alpha value is -2.45. The van der Waals surface area contributed by atoms with Crippen molar-refractivity contribution < 1.29 is 9.18 Å². The summed E-state index contributed by atoms with van der Waals surface area (Å²) in [6.45, 7) is 0. The Labute approximate surface area is 152 Å². The van der Waals surface area contributed by atoms with E-state index in [0.717, 1.165) is 5.56 Å². The quantitative estimate of drug-likeness (QED) is 0.713. The van der Waals surface area contributed by atoms with Gasteiger partial charge >= 0.3 is 0 Å². The molecular formula is C16H13ClFN5OS. The van der Waals surface area contributed by atoms with Crippen LogP contribution in [0.3, 0.4) is 0 Å². The number of thioether (sulfide) groups is 1. The second-order valence-corrected chi connectivity index (χ2v) is 6.51. The van der Waals surface area contributed by atoms with Crippen LogP contribution in [0.1, 0.15) is 5.56 Å². The zero-order valence-electron chi connectivity index (χ0n) is 12.9.